The van der Waals surface area contributed by atoms with E-state index in [2.05, 4.69) is 40.2 Å². The third-order valence-corrected chi connectivity index (χ3v) is 4.12. The van der Waals surface area contributed by atoms with Gasteiger partial charge >= 0.3 is 0 Å². The summed E-state index contributed by atoms with van der Waals surface area (Å²) in [7, 11) is 1.58. The van der Waals surface area contributed by atoms with Gasteiger partial charge in [0, 0.05) is 17.1 Å². The Labute approximate surface area is 152 Å². The predicted molar refractivity (Wildman–Crippen MR) is 101 cm³/mol. The van der Waals surface area contributed by atoms with E-state index in [0.29, 0.717) is 12.2 Å². The molecule has 0 radical (unpaired) electrons. The molecule has 0 amide bonds. The van der Waals surface area contributed by atoms with Crippen molar-refractivity contribution in [3.05, 3.63) is 70.2 Å². The van der Waals surface area contributed by atoms with Gasteiger partial charge in [0.1, 0.15) is 5.75 Å². The second kappa shape index (κ2) is 10.3. The smallest absolute Gasteiger partial charge is 0.188 e. The van der Waals surface area contributed by atoms with Gasteiger partial charge in [0.15, 0.2) is 6.79 Å². The minimum Gasteiger partial charge on any atom is -0.467 e. The first-order valence-corrected chi connectivity index (χ1v) is 8.81. The molecule has 0 fully saturated rings. The van der Waals surface area contributed by atoms with Gasteiger partial charge in [-0.3, -0.25) is 0 Å². The van der Waals surface area contributed by atoms with Crippen molar-refractivity contribution in [3.63, 3.8) is 0 Å². The van der Waals surface area contributed by atoms with E-state index in [1.165, 1.54) is 5.56 Å². The van der Waals surface area contributed by atoms with Crippen LogP contribution in [0.4, 0.5) is 0 Å². The van der Waals surface area contributed by atoms with Crippen LogP contribution < -0.4 is 4.74 Å². The molecule has 2 rings (SSSR count). The zero-order chi connectivity index (χ0) is 17.2. The highest BCUT2D eigenvalue weighted by Crippen LogP contribution is 2.31. The van der Waals surface area contributed by atoms with Crippen LogP contribution in [0.5, 0.6) is 5.75 Å². The van der Waals surface area contributed by atoms with Crippen LogP contribution in [0.3, 0.4) is 0 Å². The number of aliphatic hydroxyl groups excluding tert-OH is 1. The largest absolute Gasteiger partial charge is 0.467 e. The fourth-order valence-electron chi connectivity index (χ4n) is 2.40. The topological polar surface area (TPSA) is 38.7 Å². The molecule has 2 aromatic rings. The van der Waals surface area contributed by atoms with Crippen LogP contribution in [-0.4, -0.2) is 19.0 Å². The van der Waals surface area contributed by atoms with Crippen molar-refractivity contribution in [2.24, 2.45) is 0 Å². The van der Waals surface area contributed by atoms with Gasteiger partial charge < -0.3 is 14.6 Å². The Balaban J connectivity index is 1.86. The maximum absolute atomic E-state index is 10.4. The maximum atomic E-state index is 10.4. The molecule has 0 spiro atoms. The van der Waals surface area contributed by atoms with E-state index in [-0.39, 0.29) is 6.79 Å². The molecule has 3 nitrogen and oxygen atoms in total. The molecule has 0 aliphatic carbocycles. The van der Waals surface area contributed by atoms with Crippen LogP contribution in [0, 0.1) is 0 Å². The molecule has 1 unspecified atom stereocenters. The Morgan fingerprint density at radius 3 is 2.71 bits per heavy atom. The molecule has 2 aromatic carbocycles. The van der Waals surface area contributed by atoms with Gasteiger partial charge in [-0.25, -0.2) is 0 Å². The molecule has 4 heteroatoms. The van der Waals surface area contributed by atoms with Crippen LogP contribution >= 0.6 is 15.9 Å². The molecule has 0 aromatic heterocycles. The van der Waals surface area contributed by atoms with E-state index in [9.17, 15) is 5.11 Å². The van der Waals surface area contributed by atoms with E-state index >= 15 is 0 Å². The quantitative estimate of drug-likeness (QED) is 0.463. The van der Waals surface area contributed by atoms with Gasteiger partial charge in [-0.1, -0.05) is 64.5 Å². The molecule has 0 heterocycles. The molecule has 1 N–H and O–H groups in total. The van der Waals surface area contributed by atoms with Crippen LogP contribution in [0.2, 0.25) is 0 Å². The molecule has 0 aliphatic rings. The Morgan fingerprint density at radius 1 is 1.17 bits per heavy atom. The zero-order valence-electron chi connectivity index (χ0n) is 13.8. The van der Waals surface area contributed by atoms with Gasteiger partial charge in [-0.2, -0.15) is 0 Å². The zero-order valence-corrected chi connectivity index (χ0v) is 15.4. The molecule has 128 valence electrons. The number of benzene rings is 2. The van der Waals surface area contributed by atoms with Crippen molar-refractivity contribution in [2.45, 2.75) is 25.4 Å². The molecule has 0 saturated carbocycles. The second-order valence-electron chi connectivity index (χ2n) is 5.49. The number of methoxy groups -OCH3 is 1. The lowest BCUT2D eigenvalue weighted by molar-refractivity contribution is 0.0476. The molecule has 24 heavy (non-hydrogen) atoms. The minimum absolute atomic E-state index is 0.163. The number of allylic oxidation sites excluding steroid dienone is 1. The summed E-state index contributed by atoms with van der Waals surface area (Å²) < 4.78 is 11.4. The van der Waals surface area contributed by atoms with Gasteiger partial charge in [-0.05, 0) is 37.0 Å². The first-order chi connectivity index (χ1) is 11.7. The van der Waals surface area contributed by atoms with Gasteiger partial charge in [0.05, 0.1) is 6.10 Å². The number of unbranched alkanes of at least 4 members (excludes halogenated alkanes) is 1. The summed E-state index contributed by atoms with van der Waals surface area (Å²) >= 11 is 3.42. The van der Waals surface area contributed by atoms with Crippen molar-refractivity contribution in [1.29, 1.82) is 0 Å². The summed E-state index contributed by atoms with van der Waals surface area (Å²) in [4.78, 5) is 0. The van der Waals surface area contributed by atoms with Crippen molar-refractivity contribution < 1.29 is 14.6 Å². The molecular weight excluding hydrogens is 368 g/mol. The van der Waals surface area contributed by atoms with E-state index < -0.39 is 6.10 Å². The number of aliphatic hydroxyl groups is 1. The van der Waals surface area contributed by atoms with Gasteiger partial charge in [0.2, 0.25) is 0 Å². The minimum atomic E-state index is -0.546. The number of hydrogen-bond acceptors (Lipinski definition) is 3. The lowest BCUT2D eigenvalue weighted by Crippen LogP contribution is -2.05. The summed E-state index contributed by atoms with van der Waals surface area (Å²) in [5.74, 6) is 0.651. The fraction of sp³-hybridized carbons (Fsp3) is 0.300. The highest BCUT2D eigenvalue weighted by molar-refractivity contribution is 9.10. The highest BCUT2D eigenvalue weighted by Gasteiger charge is 2.13. The third kappa shape index (κ3) is 6.11. The Bertz CT molecular complexity index is 641. The second-order valence-corrected chi connectivity index (χ2v) is 6.41. The van der Waals surface area contributed by atoms with Crippen molar-refractivity contribution in [3.8, 4) is 5.75 Å². The number of ether oxygens (including phenoxy) is 2. The van der Waals surface area contributed by atoms with Gasteiger partial charge in [-0.15, -0.1) is 0 Å². The maximum Gasteiger partial charge on any atom is 0.188 e. The predicted octanol–water partition coefficient (Wildman–Crippen LogP) is 5.35. The first-order valence-electron chi connectivity index (χ1n) is 8.01. The average Bonchev–Trinajstić information content (AvgIpc) is 2.60. The van der Waals surface area contributed by atoms with E-state index in [4.69, 9.17) is 9.47 Å². The molecule has 1 atom stereocenters. The van der Waals surface area contributed by atoms with Crippen LogP contribution in [0.15, 0.2) is 59.1 Å². The van der Waals surface area contributed by atoms with Crippen LogP contribution in [-0.2, 0) is 4.74 Å². The van der Waals surface area contributed by atoms with E-state index in [0.717, 1.165) is 22.9 Å². The number of rotatable bonds is 9. The summed E-state index contributed by atoms with van der Waals surface area (Å²) in [6.07, 6.45) is 6.23. The van der Waals surface area contributed by atoms with Crippen molar-refractivity contribution in [2.75, 3.05) is 13.9 Å². The van der Waals surface area contributed by atoms with Crippen LogP contribution in [0.25, 0.3) is 6.08 Å². The summed E-state index contributed by atoms with van der Waals surface area (Å²) in [6.45, 7) is 0.163. The molecular formula is C20H23BrO3. The summed E-state index contributed by atoms with van der Waals surface area (Å²) in [5, 5.41) is 10.4. The average molecular weight is 391 g/mol. The lowest BCUT2D eigenvalue weighted by Gasteiger charge is -2.16. The lowest BCUT2D eigenvalue weighted by atomic mass is 10.0. The SMILES string of the molecule is COCOc1cc(Br)ccc1C(O)CCC/C=C/c1ccccc1. The Hall–Kier alpha value is -1.62. The Morgan fingerprint density at radius 2 is 1.96 bits per heavy atom. The molecule has 0 saturated heterocycles. The van der Waals surface area contributed by atoms with Gasteiger partial charge in [0.25, 0.3) is 0 Å². The summed E-state index contributed by atoms with van der Waals surface area (Å²) in [5.41, 5.74) is 1.99. The first kappa shape index (κ1) is 18.7. The Kier molecular flexibility index (Phi) is 8.02. The van der Waals surface area contributed by atoms with Crippen LogP contribution in [0.1, 0.15) is 36.5 Å². The van der Waals surface area contributed by atoms with E-state index in [1.54, 1.807) is 7.11 Å². The number of halogens is 1. The summed E-state index contributed by atoms with van der Waals surface area (Å²) in [6, 6.07) is 15.9. The monoisotopic (exact) mass is 390 g/mol. The number of hydrogen-bond donors (Lipinski definition) is 1. The van der Waals surface area contributed by atoms with E-state index in [1.807, 2.05) is 36.4 Å². The van der Waals surface area contributed by atoms with Crippen molar-refractivity contribution in [1.82, 2.24) is 0 Å². The highest BCUT2D eigenvalue weighted by atomic mass is 79.9. The fourth-order valence-corrected chi connectivity index (χ4v) is 2.74. The normalized spacial score (nSPS) is 12.5. The standard InChI is InChI=1S/C20H23BrO3/c1-23-15-24-20-14-17(21)12-13-18(20)19(22)11-7-3-6-10-16-8-4-2-5-9-16/h2,4-6,8-10,12-14,19,22H,3,7,11,15H2,1H3/b10-6+. The molecule has 0 bridgehead atoms. The van der Waals surface area contributed by atoms with Crippen molar-refractivity contribution >= 4 is 22.0 Å². The third-order valence-electron chi connectivity index (χ3n) is 3.63. The molecule has 0 aliphatic heterocycles.